The summed E-state index contributed by atoms with van der Waals surface area (Å²) in [5.41, 5.74) is 7.65. The number of alkyl halides is 1. The zero-order valence-electron chi connectivity index (χ0n) is 20.4. The number of aromatic nitrogens is 3. The number of ether oxygens (including phenoxy) is 1. The van der Waals surface area contributed by atoms with Gasteiger partial charge in [-0.15, -0.1) is 22.9 Å². The van der Waals surface area contributed by atoms with Crippen LogP contribution in [0.5, 0.6) is 5.88 Å². The van der Waals surface area contributed by atoms with Crippen molar-refractivity contribution in [3.63, 3.8) is 0 Å². The van der Waals surface area contributed by atoms with Crippen LogP contribution in [-0.4, -0.2) is 69.2 Å². The van der Waals surface area contributed by atoms with Gasteiger partial charge in [-0.3, -0.25) is 9.59 Å². The first kappa shape index (κ1) is 24.4. The fraction of sp³-hybridized carbons (Fsp3) is 0.520. The maximum absolute atomic E-state index is 13.0. The van der Waals surface area contributed by atoms with E-state index in [0.29, 0.717) is 35.3 Å². The van der Waals surface area contributed by atoms with Gasteiger partial charge in [0.05, 0.1) is 40.8 Å². The number of nitrogens with zero attached hydrogens (tertiary/aromatic N) is 4. The molecule has 1 spiro atoms. The van der Waals surface area contributed by atoms with E-state index in [0.717, 1.165) is 41.9 Å². The lowest BCUT2D eigenvalue weighted by Crippen LogP contribution is -2.59. The predicted molar refractivity (Wildman–Crippen MR) is 140 cm³/mol. The third-order valence-corrected chi connectivity index (χ3v) is 9.54. The summed E-state index contributed by atoms with van der Waals surface area (Å²) in [5, 5.41) is 17.9. The average molecular weight is 545 g/mol. The number of fused-ring (bicyclic) bond motifs is 1. The van der Waals surface area contributed by atoms with E-state index in [-0.39, 0.29) is 35.5 Å². The Balaban J connectivity index is 1.02. The van der Waals surface area contributed by atoms with Crippen molar-refractivity contribution in [2.75, 3.05) is 30.5 Å². The number of primary amides is 1. The van der Waals surface area contributed by atoms with Gasteiger partial charge in [-0.25, -0.2) is 9.50 Å². The van der Waals surface area contributed by atoms with Crippen LogP contribution in [0, 0.1) is 17.8 Å². The summed E-state index contributed by atoms with van der Waals surface area (Å²) in [6, 6.07) is 4.01. The first-order valence-electron chi connectivity index (χ1n) is 12.4. The Morgan fingerprint density at radius 3 is 2.73 bits per heavy atom. The molecule has 4 heterocycles. The van der Waals surface area contributed by atoms with E-state index in [2.05, 4.69) is 20.3 Å². The molecule has 0 atom stereocenters. The monoisotopic (exact) mass is 544 g/mol. The van der Waals surface area contributed by atoms with Gasteiger partial charge >= 0.3 is 0 Å². The van der Waals surface area contributed by atoms with E-state index >= 15 is 0 Å². The van der Waals surface area contributed by atoms with Crippen molar-refractivity contribution in [1.82, 2.24) is 19.9 Å². The van der Waals surface area contributed by atoms with Crippen LogP contribution in [0.15, 0.2) is 24.5 Å². The van der Waals surface area contributed by atoms with Crippen LogP contribution in [0.2, 0.25) is 0 Å². The number of pyridine rings is 1. The van der Waals surface area contributed by atoms with Gasteiger partial charge in [-0.05, 0) is 50.2 Å². The quantitative estimate of drug-likeness (QED) is 0.370. The Hall–Kier alpha value is -2.89. The molecule has 4 N–H and O–H groups in total. The summed E-state index contributed by atoms with van der Waals surface area (Å²) in [6.07, 6.45) is 7.10. The topological polar surface area (TPSA) is 135 Å². The minimum absolute atomic E-state index is 0.0171. The molecule has 0 unspecified atom stereocenters. The van der Waals surface area contributed by atoms with E-state index < -0.39 is 5.91 Å². The van der Waals surface area contributed by atoms with E-state index in [1.165, 1.54) is 11.3 Å². The SMILES string of the molecule is Cc1nc(O[C@H]2CC3(C[C@H](NC(=O)c4cnn5cc(N6CC(CO)(CCl)C6)ccc45)C3)C2)c(C(N)=O)s1. The number of aliphatic hydroxyl groups is 1. The van der Waals surface area contributed by atoms with E-state index in [1.54, 1.807) is 10.7 Å². The van der Waals surface area contributed by atoms with Crippen molar-refractivity contribution in [2.24, 2.45) is 16.6 Å². The van der Waals surface area contributed by atoms with Crippen molar-refractivity contribution in [2.45, 2.75) is 44.8 Å². The van der Waals surface area contributed by atoms with Crippen molar-refractivity contribution >= 4 is 46.0 Å². The molecular formula is C25H29ClN6O4S. The number of amides is 2. The molecule has 3 fully saturated rings. The second-order valence-electron chi connectivity index (χ2n) is 10.9. The Kier molecular flexibility index (Phi) is 5.85. The molecule has 0 aromatic carbocycles. The van der Waals surface area contributed by atoms with Gasteiger partial charge in [-0.2, -0.15) is 5.10 Å². The zero-order chi connectivity index (χ0) is 25.9. The highest BCUT2D eigenvalue weighted by molar-refractivity contribution is 7.13. The molecule has 0 bridgehead atoms. The van der Waals surface area contributed by atoms with Crippen molar-refractivity contribution < 1.29 is 19.4 Å². The lowest BCUT2D eigenvalue weighted by molar-refractivity contribution is -0.0846. The van der Waals surface area contributed by atoms with Gasteiger partial charge in [-0.1, -0.05) is 0 Å². The summed E-state index contributed by atoms with van der Waals surface area (Å²) in [6.45, 7) is 3.28. The van der Waals surface area contributed by atoms with Gasteiger partial charge in [0.25, 0.3) is 11.8 Å². The molecule has 3 aromatic rings. The molecule has 1 aliphatic heterocycles. The number of hydrogen-bond donors (Lipinski definition) is 3. The molecule has 6 rings (SSSR count). The Morgan fingerprint density at radius 2 is 2.05 bits per heavy atom. The molecule has 37 heavy (non-hydrogen) atoms. The number of anilines is 1. The minimum Gasteiger partial charge on any atom is -0.473 e. The van der Waals surface area contributed by atoms with Crippen LogP contribution >= 0.6 is 22.9 Å². The molecule has 1 saturated heterocycles. The fourth-order valence-corrected chi connectivity index (χ4v) is 6.94. The van der Waals surface area contributed by atoms with Crippen LogP contribution in [-0.2, 0) is 0 Å². The summed E-state index contributed by atoms with van der Waals surface area (Å²) >= 11 is 7.27. The van der Waals surface area contributed by atoms with Gasteiger partial charge in [0.15, 0.2) is 4.88 Å². The lowest BCUT2D eigenvalue weighted by Gasteiger charge is -2.57. The number of halogens is 1. The molecule has 196 valence electrons. The van der Waals surface area contributed by atoms with Crippen molar-refractivity contribution in [3.8, 4) is 5.88 Å². The number of hydrogen-bond acceptors (Lipinski definition) is 8. The van der Waals surface area contributed by atoms with Crippen molar-refractivity contribution in [1.29, 1.82) is 0 Å². The molecule has 0 radical (unpaired) electrons. The molecule has 2 saturated carbocycles. The summed E-state index contributed by atoms with van der Waals surface area (Å²) in [5.74, 6) is 0.132. The summed E-state index contributed by atoms with van der Waals surface area (Å²) in [7, 11) is 0. The second-order valence-corrected chi connectivity index (χ2v) is 12.4. The number of carbonyl (C=O) groups excluding carboxylic acids is 2. The van der Waals surface area contributed by atoms with E-state index in [9.17, 15) is 14.7 Å². The molecule has 2 aliphatic carbocycles. The smallest absolute Gasteiger partial charge is 0.264 e. The van der Waals surface area contributed by atoms with E-state index in [1.807, 2.05) is 25.3 Å². The minimum atomic E-state index is -0.513. The number of aliphatic hydroxyl groups excluding tert-OH is 1. The maximum Gasteiger partial charge on any atom is 0.264 e. The Labute approximate surface area is 222 Å². The lowest BCUT2D eigenvalue weighted by atomic mass is 9.53. The fourth-order valence-electron chi connectivity index (χ4n) is 5.98. The Bertz CT molecular complexity index is 1360. The molecule has 2 amide bonds. The van der Waals surface area contributed by atoms with Crippen LogP contribution in [0.3, 0.4) is 0 Å². The second kappa shape index (κ2) is 8.85. The normalized spacial score (nSPS) is 25.9. The third-order valence-electron chi connectivity index (χ3n) is 8.00. The maximum atomic E-state index is 13.0. The van der Waals surface area contributed by atoms with E-state index in [4.69, 9.17) is 22.1 Å². The van der Waals surface area contributed by atoms with Crippen LogP contribution in [0.25, 0.3) is 5.52 Å². The van der Waals surface area contributed by atoms with Gasteiger partial charge < -0.3 is 25.8 Å². The third kappa shape index (κ3) is 4.22. The zero-order valence-corrected chi connectivity index (χ0v) is 22.0. The molecule has 10 nitrogen and oxygen atoms in total. The molecular weight excluding hydrogens is 516 g/mol. The van der Waals surface area contributed by atoms with Gasteiger partial charge in [0.2, 0.25) is 5.88 Å². The largest absolute Gasteiger partial charge is 0.473 e. The highest BCUT2D eigenvalue weighted by Crippen LogP contribution is 2.57. The predicted octanol–water partition coefficient (Wildman–Crippen LogP) is 2.36. The average Bonchev–Trinajstić information content (AvgIpc) is 3.39. The van der Waals surface area contributed by atoms with Crippen molar-refractivity contribution in [3.05, 3.63) is 40.0 Å². The van der Waals surface area contributed by atoms with Gasteiger partial charge in [0.1, 0.15) is 6.10 Å². The van der Waals surface area contributed by atoms with Crippen LogP contribution in [0.1, 0.15) is 50.7 Å². The van der Waals surface area contributed by atoms with Crippen LogP contribution in [0.4, 0.5) is 5.69 Å². The highest BCUT2D eigenvalue weighted by Gasteiger charge is 2.54. The number of aryl methyl sites for hydroxylation is 1. The molecule has 3 aliphatic rings. The number of nitrogens with one attached hydrogen (secondary N) is 1. The molecule has 12 heteroatoms. The summed E-state index contributed by atoms with van der Waals surface area (Å²) < 4.78 is 7.68. The first-order valence-corrected chi connectivity index (χ1v) is 13.7. The number of nitrogens with two attached hydrogens (primary N) is 1. The number of thiazole rings is 1. The van der Waals surface area contributed by atoms with Crippen LogP contribution < -0.4 is 20.7 Å². The first-order chi connectivity index (χ1) is 17.7. The highest BCUT2D eigenvalue weighted by atomic mass is 35.5. The van der Waals surface area contributed by atoms with Gasteiger partial charge in [0, 0.05) is 30.4 Å². The number of carbonyl (C=O) groups is 2. The standard InChI is InChI=1S/C25H29ClN6O4S/c1-14-29-23(20(37-14)21(27)34)36-17-6-24(7-17)4-15(5-24)30-22(35)18-8-28-32-9-16(2-3-19(18)32)31-11-25(10-26,12-31)13-33/h2-3,8-9,15,17,33H,4-7,10-13H2,1H3,(H2,27,34)(H,30,35)/t15-,17-,24?. The summed E-state index contributed by atoms with van der Waals surface area (Å²) in [4.78, 5) is 31.4. The number of rotatable bonds is 8. The molecule has 3 aromatic heterocycles. The Morgan fingerprint density at radius 1 is 1.30 bits per heavy atom.